The molecule has 1 fully saturated rings. The Morgan fingerprint density at radius 2 is 1.83 bits per heavy atom. The smallest absolute Gasteiger partial charge is 0.251 e. The van der Waals surface area contributed by atoms with Crippen LogP contribution < -0.4 is 10.1 Å². The van der Waals surface area contributed by atoms with Crippen LogP contribution in [0.25, 0.3) is 10.9 Å². The molecule has 1 heterocycles. The van der Waals surface area contributed by atoms with Gasteiger partial charge in [-0.25, -0.2) is 8.78 Å². The Morgan fingerprint density at radius 1 is 1.10 bits per heavy atom. The third-order valence-electron chi connectivity index (χ3n) is 5.28. The van der Waals surface area contributed by atoms with Crippen molar-refractivity contribution in [2.75, 3.05) is 0 Å². The molecule has 0 aliphatic heterocycles. The van der Waals surface area contributed by atoms with Gasteiger partial charge in [-0.2, -0.15) is 5.26 Å². The summed E-state index contributed by atoms with van der Waals surface area (Å²) in [5.74, 6) is -1.36. The monoisotopic (exact) mass is 407 g/mol. The number of hydrogen-bond donors (Lipinski definition) is 1. The maximum atomic E-state index is 13.3. The van der Waals surface area contributed by atoms with Crippen molar-refractivity contribution in [2.24, 2.45) is 0 Å². The second-order valence-corrected chi connectivity index (χ2v) is 7.35. The van der Waals surface area contributed by atoms with Crippen LogP contribution in [-0.4, -0.2) is 23.0 Å². The van der Waals surface area contributed by atoms with E-state index in [9.17, 15) is 18.8 Å². The third kappa shape index (κ3) is 4.23. The fourth-order valence-electron chi connectivity index (χ4n) is 3.80. The minimum absolute atomic E-state index is 0.0255. The van der Waals surface area contributed by atoms with Gasteiger partial charge in [-0.3, -0.25) is 9.78 Å². The van der Waals surface area contributed by atoms with Crippen LogP contribution in [0.3, 0.4) is 0 Å². The van der Waals surface area contributed by atoms with Crippen LogP contribution in [0.2, 0.25) is 0 Å². The molecule has 3 aromatic rings. The Kier molecular flexibility index (Phi) is 5.57. The average molecular weight is 407 g/mol. The Bertz CT molecular complexity index is 1110. The molecule has 0 bridgehead atoms. The molecular weight excluding hydrogens is 388 g/mol. The molecule has 0 saturated heterocycles. The van der Waals surface area contributed by atoms with Gasteiger partial charge in [-0.05, 0) is 56.0 Å². The highest BCUT2D eigenvalue weighted by Crippen LogP contribution is 2.30. The molecule has 30 heavy (non-hydrogen) atoms. The summed E-state index contributed by atoms with van der Waals surface area (Å²) in [6.07, 6.45) is 4.44. The summed E-state index contributed by atoms with van der Waals surface area (Å²) in [6.45, 7) is 0. The number of hydrogen-bond acceptors (Lipinski definition) is 4. The lowest BCUT2D eigenvalue weighted by atomic mass is 9.92. The first-order chi connectivity index (χ1) is 14.5. The maximum Gasteiger partial charge on any atom is 0.251 e. The van der Waals surface area contributed by atoms with Crippen LogP contribution in [0.4, 0.5) is 8.78 Å². The van der Waals surface area contributed by atoms with Gasteiger partial charge in [0.25, 0.3) is 5.91 Å². The van der Waals surface area contributed by atoms with Crippen LogP contribution in [0.1, 0.15) is 41.6 Å². The van der Waals surface area contributed by atoms with Crippen LogP contribution in [0, 0.1) is 23.0 Å². The number of amides is 1. The lowest BCUT2D eigenvalue weighted by Crippen LogP contribution is -2.39. The van der Waals surface area contributed by atoms with Crippen molar-refractivity contribution >= 4 is 16.8 Å². The SMILES string of the molecule is N#Cc1cccc2c(O[C@H]3CC[C@H](NC(=O)c4cc(F)cc(F)c4)CC3)ccnc12. The second-order valence-electron chi connectivity index (χ2n) is 7.35. The number of carbonyl (C=O) groups excluding carboxylic acids is 1. The van der Waals surface area contributed by atoms with Crippen molar-refractivity contribution in [3.05, 3.63) is 71.4 Å². The molecule has 2 aromatic carbocycles. The standard InChI is InChI=1S/C23H19F2N3O2/c24-16-10-15(11-17(25)12-16)23(29)28-18-4-6-19(7-5-18)30-21-8-9-27-22-14(13-26)2-1-3-20(21)22/h1-3,8-12,18-19H,4-7H2,(H,28,29)/t18-,19-. The van der Waals surface area contributed by atoms with Crippen molar-refractivity contribution in [1.29, 1.82) is 5.26 Å². The first-order valence-corrected chi connectivity index (χ1v) is 9.75. The maximum absolute atomic E-state index is 13.3. The van der Waals surface area contributed by atoms with E-state index in [1.54, 1.807) is 24.4 Å². The summed E-state index contributed by atoms with van der Waals surface area (Å²) in [5.41, 5.74) is 1.08. The topological polar surface area (TPSA) is 75.0 Å². The van der Waals surface area contributed by atoms with Crippen LogP contribution in [0.5, 0.6) is 5.75 Å². The van der Waals surface area contributed by atoms with Crippen molar-refractivity contribution < 1.29 is 18.3 Å². The minimum atomic E-state index is -0.776. The molecule has 0 atom stereocenters. The average Bonchev–Trinajstić information content (AvgIpc) is 2.74. The van der Waals surface area contributed by atoms with Gasteiger partial charge in [0.1, 0.15) is 23.5 Å². The number of pyridine rings is 1. The zero-order valence-electron chi connectivity index (χ0n) is 16.1. The summed E-state index contributed by atoms with van der Waals surface area (Å²) in [4.78, 5) is 16.6. The van der Waals surface area contributed by atoms with Crippen molar-refractivity contribution in [2.45, 2.75) is 37.8 Å². The largest absolute Gasteiger partial charge is 0.490 e. The van der Waals surface area contributed by atoms with Gasteiger partial charge in [0.15, 0.2) is 0 Å². The van der Waals surface area contributed by atoms with E-state index in [0.717, 1.165) is 36.4 Å². The van der Waals surface area contributed by atoms with Crippen molar-refractivity contribution in [3.63, 3.8) is 0 Å². The van der Waals surface area contributed by atoms with Crippen LogP contribution >= 0.6 is 0 Å². The summed E-state index contributed by atoms with van der Waals surface area (Å²) in [7, 11) is 0. The van der Waals surface area contributed by atoms with E-state index in [0.29, 0.717) is 29.7 Å². The number of halogens is 2. The Hall–Kier alpha value is -3.53. The Labute approximate surface area is 172 Å². The van der Waals surface area contributed by atoms with Crippen LogP contribution in [0.15, 0.2) is 48.7 Å². The number of aromatic nitrogens is 1. The van der Waals surface area contributed by atoms with Gasteiger partial charge in [-0.15, -0.1) is 0 Å². The predicted octanol–water partition coefficient (Wildman–Crippen LogP) is 4.50. The molecule has 1 aromatic heterocycles. The molecule has 4 rings (SSSR count). The molecular formula is C23H19F2N3O2. The van der Waals surface area contributed by atoms with Crippen molar-refractivity contribution in [1.82, 2.24) is 10.3 Å². The zero-order chi connectivity index (χ0) is 21.1. The predicted molar refractivity (Wildman–Crippen MR) is 107 cm³/mol. The van der Waals surface area contributed by atoms with E-state index in [2.05, 4.69) is 16.4 Å². The van der Waals surface area contributed by atoms with E-state index >= 15 is 0 Å². The normalized spacial score (nSPS) is 18.6. The lowest BCUT2D eigenvalue weighted by molar-refractivity contribution is 0.0894. The minimum Gasteiger partial charge on any atom is -0.490 e. The molecule has 1 aliphatic carbocycles. The molecule has 1 N–H and O–H groups in total. The second kappa shape index (κ2) is 8.46. The van der Waals surface area contributed by atoms with Gasteiger partial charge < -0.3 is 10.1 Å². The number of rotatable bonds is 4. The van der Waals surface area contributed by atoms with E-state index < -0.39 is 17.5 Å². The zero-order valence-corrected chi connectivity index (χ0v) is 16.1. The third-order valence-corrected chi connectivity index (χ3v) is 5.28. The summed E-state index contributed by atoms with van der Waals surface area (Å²) in [5, 5.41) is 12.9. The highest BCUT2D eigenvalue weighted by molar-refractivity contribution is 5.94. The number of nitriles is 1. The van der Waals surface area contributed by atoms with Gasteiger partial charge in [0, 0.05) is 29.3 Å². The quantitative estimate of drug-likeness (QED) is 0.691. The number of ether oxygens (including phenoxy) is 1. The fourth-order valence-corrected chi connectivity index (χ4v) is 3.80. The first kappa shape index (κ1) is 19.8. The molecule has 1 saturated carbocycles. The number of para-hydroxylation sites is 1. The van der Waals surface area contributed by atoms with Gasteiger partial charge in [0.05, 0.1) is 17.2 Å². The Balaban J connectivity index is 1.38. The molecule has 152 valence electrons. The van der Waals surface area contributed by atoms with Gasteiger partial charge in [0.2, 0.25) is 0 Å². The fraction of sp³-hybridized carbons (Fsp3) is 0.261. The van der Waals surface area contributed by atoms with E-state index in [1.165, 1.54) is 0 Å². The molecule has 1 amide bonds. The number of nitrogens with one attached hydrogen (secondary N) is 1. The molecule has 7 heteroatoms. The van der Waals surface area contributed by atoms with E-state index in [4.69, 9.17) is 4.74 Å². The highest BCUT2D eigenvalue weighted by atomic mass is 19.1. The summed E-state index contributed by atoms with van der Waals surface area (Å²) in [6, 6.07) is 12.0. The number of nitrogens with zero attached hydrogens (tertiary/aromatic N) is 2. The van der Waals surface area contributed by atoms with Gasteiger partial charge in [-0.1, -0.05) is 6.07 Å². The molecule has 0 radical (unpaired) electrons. The molecule has 1 aliphatic rings. The number of fused-ring (bicyclic) bond motifs is 1. The lowest BCUT2D eigenvalue weighted by Gasteiger charge is -2.29. The number of benzene rings is 2. The van der Waals surface area contributed by atoms with E-state index in [-0.39, 0.29) is 17.7 Å². The van der Waals surface area contributed by atoms with Crippen LogP contribution in [-0.2, 0) is 0 Å². The number of carbonyl (C=O) groups is 1. The first-order valence-electron chi connectivity index (χ1n) is 9.75. The van der Waals surface area contributed by atoms with Crippen molar-refractivity contribution in [3.8, 4) is 11.8 Å². The Morgan fingerprint density at radius 3 is 2.53 bits per heavy atom. The van der Waals surface area contributed by atoms with Gasteiger partial charge >= 0.3 is 0 Å². The highest BCUT2D eigenvalue weighted by Gasteiger charge is 2.25. The molecule has 0 unspecified atom stereocenters. The molecule has 0 spiro atoms. The summed E-state index contributed by atoms with van der Waals surface area (Å²) >= 11 is 0. The molecule has 5 nitrogen and oxygen atoms in total. The van der Waals surface area contributed by atoms with E-state index in [1.807, 2.05) is 6.07 Å². The summed E-state index contributed by atoms with van der Waals surface area (Å²) < 4.78 is 32.8.